The molecule has 0 bridgehead atoms. The molecule has 5 heteroatoms. The maximum atomic E-state index is 13.9. The summed E-state index contributed by atoms with van der Waals surface area (Å²) < 4.78 is 19.4. The highest BCUT2D eigenvalue weighted by Gasteiger charge is 2.27. The third kappa shape index (κ3) is 3.65. The molecule has 1 aliphatic carbocycles. The van der Waals surface area contributed by atoms with Crippen molar-refractivity contribution in [2.24, 2.45) is 0 Å². The number of benzene rings is 1. The number of hydrogen-bond acceptors (Lipinski definition) is 3. The smallest absolute Gasteiger partial charge is 0.257 e. The molecule has 1 aliphatic rings. The first kappa shape index (κ1) is 17.4. The molecule has 1 N–H and O–H groups in total. The van der Waals surface area contributed by atoms with Gasteiger partial charge in [-0.25, -0.2) is 4.39 Å². The third-order valence-electron chi connectivity index (χ3n) is 4.55. The van der Waals surface area contributed by atoms with E-state index in [4.69, 9.17) is 4.74 Å². The van der Waals surface area contributed by atoms with Gasteiger partial charge in [0.05, 0.1) is 12.7 Å². The number of ether oxygens (including phenoxy) is 1. The second-order valence-corrected chi connectivity index (χ2v) is 7.09. The molecule has 1 heterocycles. The van der Waals surface area contributed by atoms with E-state index in [9.17, 15) is 9.18 Å². The van der Waals surface area contributed by atoms with Crippen LogP contribution in [0.5, 0.6) is 5.75 Å². The van der Waals surface area contributed by atoms with Crippen molar-refractivity contribution in [3.63, 3.8) is 0 Å². The van der Waals surface area contributed by atoms with Gasteiger partial charge in [-0.05, 0) is 51.2 Å². The minimum Gasteiger partial charge on any atom is -0.496 e. The van der Waals surface area contributed by atoms with Gasteiger partial charge < -0.3 is 10.1 Å². The van der Waals surface area contributed by atoms with Gasteiger partial charge in [0.25, 0.3) is 5.91 Å². The van der Waals surface area contributed by atoms with Gasteiger partial charge in [-0.1, -0.05) is 18.2 Å². The number of carbonyl (C=O) groups excluding carboxylic acids is 1. The number of aromatic nitrogens is 1. The van der Waals surface area contributed by atoms with Crippen molar-refractivity contribution in [3.8, 4) is 5.75 Å². The van der Waals surface area contributed by atoms with Crippen molar-refractivity contribution in [2.45, 2.75) is 45.1 Å². The lowest BCUT2D eigenvalue weighted by Crippen LogP contribution is -2.45. The molecule has 1 aromatic carbocycles. The van der Waals surface area contributed by atoms with Gasteiger partial charge in [0.15, 0.2) is 0 Å². The summed E-state index contributed by atoms with van der Waals surface area (Å²) in [4.78, 5) is 17.2. The number of halogens is 1. The molecule has 0 saturated carbocycles. The number of nitrogens with zero attached hydrogens (tertiary/aromatic N) is 1. The highest BCUT2D eigenvalue weighted by atomic mass is 19.1. The monoisotopic (exact) mass is 342 g/mol. The molecule has 25 heavy (non-hydrogen) atoms. The number of carbonyl (C=O) groups is 1. The quantitative estimate of drug-likeness (QED) is 0.905. The molecule has 0 aliphatic heterocycles. The second kappa shape index (κ2) is 6.82. The van der Waals surface area contributed by atoms with E-state index in [1.165, 1.54) is 6.07 Å². The van der Waals surface area contributed by atoms with Gasteiger partial charge in [-0.3, -0.25) is 9.78 Å². The van der Waals surface area contributed by atoms with Gasteiger partial charge in [-0.15, -0.1) is 0 Å². The number of nitrogens with one attached hydrogen (secondary N) is 1. The number of methoxy groups -OCH3 is 1. The van der Waals surface area contributed by atoms with Crippen molar-refractivity contribution in [2.75, 3.05) is 7.11 Å². The van der Waals surface area contributed by atoms with E-state index in [0.717, 1.165) is 30.5 Å². The van der Waals surface area contributed by atoms with Crippen molar-refractivity contribution >= 4 is 5.91 Å². The molecule has 0 radical (unpaired) electrons. The summed E-state index contributed by atoms with van der Waals surface area (Å²) in [6.07, 6.45) is 4.81. The minimum atomic E-state index is -0.608. The molecule has 0 fully saturated rings. The third-order valence-corrected chi connectivity index (χ3v) is 4.55. The lowest BCUT2D eigenvalue weighted by atomic mass is 9.94. The summed E-state index contributed by atoms with van der Waals surface area (Å²) >= 11 is 0. The van der Waals surface area contributed by atoms with E-state index in [1.54, 1.807) is 31.5 Å². The highest BCUT2D eigenvalue weighted by molar-refractivity contribution is 5.97. The number of hydrogen-bond donors (Lipinski definition) is 1. The first-order valence-corrected chi connectivity index (χ1v) is 8.52. The van der Waals surface area contributed by atoms with Crippen molar-refractivity contribution in [3.05, 3.63) is 58.7 Å². The molecule has 0 spiro atoms. The van der Waals surface area contributed by atoms with Crippen LogP contribution in [-0.4, -0.2) is 23.5 Å². The lowest BCUT2D eigenvalue weighted by molar-refractivity contribution is 0.0909. The number of amides is 1. The zero-order chi connectivity index (χ0) is 18.0. The summed E-state index contributed by atoms with van der Waals surface area (Å²) in [5.74, 6) is 0.101. The zero-order valence-electron chi connectivity index (χ0n) is 14.9. The summed E-state index contributed by atoms with van der Waals surface area (Å²) in [5, 5.41) is 2.99. The molecule has 132 valence electrons. The van der Waals surface area contributed by atoms with Crippen LogP contribution in [0.4, 0.5) is 4.39 Å². The van der Waals surface area contributed by atoms with Crippen molar-refractivity contribution in [1.82, 2.24) is 10.3 Å². The van der Waals surface area contributed by atoms with Crippen LogP contribution >= 0.6 is 0 Å². The SMILES string of the molecule is COc1c(C(=O)NC(C)(C)Cc2ccccc2F)cnc2c1CCC2. The number of pyridine rings is 1. The Hall–Kier alpha value is -2.43. The molecule has 1 amide bonds. The molecular weight excluding hydrogens is 319 g/mol. The Morgan fingerprint density at radius 2 is 2.08 bits per heavy atom. The van der Waals surface area contributed by atoms with Gasteiger partial charge in [0, 0.05) is 23.0 Å². The van der Waals surface area contributed by atoms with Gasteiger partial charge in [0.2, 0.25) is 0 Å². The Bertz CT molecular complexity index is 802. The topological polar surface area (TPSA) is 51.2 Å². The number of aryl methyl sites for hydroxylation is 1. The van der Waals surface area contributed by atoms with Crippen LogP contribution in [0.2, 0.25) is 0 Å². The Morgan fingerprint density at radius 3 is 2.80 bits per heavy atom. The second-order valence-electron chi connectivity index (χ2n) is 7.09. The van der Waals surface area contributed by atoms with E-state index in [-0.39, 0.29) is 11.7 Å². The van der Waals surface area contributed by atoms with Crippen LogP contribution < -0.4 is 10.1 Å². The summed E-state index contributed by atoms with van der Waals surface area (Å²) in [6.45, 7) is 3.76. The maximum Gasteiger partial charge on any atom is 0.257 e. The van der Waals surface area contributed by atoms with Crippen LogP contribution in [0.25, 0.3) is 0 Å². The normalized spacial score (nSPS) is 13.4. The van der Waals surface area contributed by atoms with E-state index in [2.05, 4.69) is 10.3 Å². The molecule has 0 unspecified atom stereocenters. The van der Waals surface area contributed by atoms with Crippen LogP contribution in [-0.2, 0) is 19.3 Å². The van der Waals surface area contributed by atoms with Crippen molar-refractivity contribution in [1.29, 1.82) is 0 Å². The van der Waals surface area contributed by atoms with Gasteiger partial charge in [0.1, 0.15) is 11.6 Å². The Kier molecular flexibility index (Phi) is 4.75. The van der Waals surface area contributed by atoms with Crippen LogP contribution in [0.1, 0.15) is 47.4 Å². The predicted molar refractivity (Wildman–Crippen MR) is 94.5 cm³/mol. The summed E-state index contributed by atoms with van der Waals surface area (Å²) in [7, 11) is 1.58. The van der Waals surface area contributed by atoms with Crippen LogP contribution in [0, 0.1) is 5.82 Å². The average Bonchev–Trinajstić information content (AvgIpc) is 3.04. The molecule has 3 rings (SSSR count). The molecule has 2 aromatic rings. The lowest BCUT2D eigenvalue weighted by Gasteiger charge is -2.27. The first-order chi connectivity index (χ1) is 11.9. The first-order valence-electron chi connectivity index (χ1n) is 8.52. The largest absolute Gasteiger partial charge is 0.496 e. The number of fused-ring (bicyclic) bond motifs is 1. The zero-order valence-corrected chi connectivity index (χ0v) is 14.9. The van der Waals surface area contributed by atoms with E-state index in [0.29, 0.717) is 23.3 Å². The number of rotatable bonds is 5. The van der Waals surface area contributed by atoms with Gasteiger partial charge >= 0.3 is 0 Å². The fourth-order valence-electron chi connectivity index (χ4n) is 3.41. The maximum absolute atomic E-state index is 13.9. The van der Waals surface area contributed by atoms with Crippen molar-refractivity contribution < 1.29 is 13.9 Å². The predicted octanol–water partition coefficient (Wildman–Crippen LogP) is 3.47. The minimum absolute atomic E-state index is 0.250. The molecular formula is C20H23FN2O2. The molecule has 4 nitrogen and oxygen atoms in total. The van der Waals surface area contributed by atoms with Crippen LogP contribution in [0.15, 0.2) is 30.5 Å². The standard InChI is InChI=1S/C20H23FN2O2/c1-20(2,11-13-7-4-5-9-16(13)21)23-19(24)15-12-22-17-10-6-8-14(17)18(15)25-3/h4-5,7,9,12H,6,8,10-11H2,1-3H3,(H,23,24). The van der Waals surface area contributed by atoms with E-state index < -0.39 is 5.54 Å². The summed E-state index contributed by atoms with van der Waals surface area (Å²) in [6, 6.07) is 6.62. The highest BCUT2D eigenvalue weighted by Crippen LogP contribution is 2.32. The summed E-state index contributed by atoms with van der Waals surface area (Å²) in [5.41, 5.74) is 2.45. The van der Waals surface area contributed by atoms with E-state index in [1.807, 2.05) is 13.8 Å². The molecule has 0 atom stereocenters. The molecule has 0 saturated heterocycles. The fourth-order valence-corrected chi connectivity index (χ4v) is 3.41. The van der Waals surface area contributed by atoms with E-state index >= 15 is 0 Å². The van der Waals surface area contributed by atoms with Crippen LogP contribution in [0.3, 0.4) is 0 Å². The Balaban J connectivity index is 1.81. The Labute approximate surface area is 147 Å². The molecule has 1 aromatic heterocycles. The van der Waals surface area contributed by atoms with Gasteiger partial charge in [-0.2, -0.15) is 0 Å². The Morgan fingerprint density at radius 1 is 1.32 bits per heavy atom. The average molecular weight is 342 g/mol. The fraction of sp³-hybridized carbons (Fsp3) is 0.400.